The number of nitrogens with zero attached hydrogens (tertiary/aromatic N) is 2. The van der Waals surface area contributed by atoms with Crippen LogP contribution in [0.3, 0.4) is 0 Å². The minimum atomic E-state index is -3.56. The van der Waals surface area contributed by atoms with Crippen molar-refractivity contribution in [3.05, 3.63) is 65.6 Å². The molecule has 9 heteroatoms. The number of carbonyl (C=O) groups is 1. The maximum absolute atomic E-state index is 12.6. The van der Waals surface area contributed by atoms with Crippen LogP contribution in [0.1, 0.15) is 41.0 Å². The highest BCUT2D eigenvalue weighted by atomic mass is 32.2. The maximum Gasteiger partial charge on any atom is 0.268 e. The van der Waals surface area contributed by atoms with Gasteiger partial charge in [-0.2, -0.15) is 0 Å². The molecule has 1 amide bonds. The van der Waals surface area contributed by atoms with Crippen molar-refractivity contribution in [1.82, 2.24) is 20.3 Å². The number of hydrogen-bond acceptors (Lipinski definition) is 6. The Morgan fingerprint density at radius 2 is 2.00 bits per heavy atom. The molecule has 0 bridgehead atoms. The van der Waals surface area contributed by atoms with E-state index in [4.69, 9.17) is 0 Å². The summed E-state index contributed by atoms with van der Waals surface area (Å²) in [5.74, 6) is -0.423. The second-order valence-electron chi connectivity index (χ2n) is 6.92. The monoisotopic (exact) mass is 428 g/mol. The van der Waals surface area contributed by atoms with Crippen LogP contribution >= 0.6 is 0 Å². The first-order valence-corrected chi connectivity index (χ1v) is 11.2. The van der Waals surface area contributed by atoms with E-state index in [2.05, 4.69) is 20.3 Å². The Balaban J connectivity index is 1.85. The number of aryl methyl sites for hydroxylation is 1. The van der Waals surface area contributed by atoms with Gasteiger partial charge in [-0.1, -0.05) is 37.3 Å². The summed E-state index contributed by atoms with van der Waals surface area (Å²) in [7, 11) is -3.56. The number of sulfone groups is 1. The average Bonchev–Trinajstić information content (AvgIpc) is 3.23. The lowest BCUT2D eigenvalue weighted by atomic mass is 10.1. The van der Waals surface area contributed by atoms with Gasteiger partial charge in [0.15, 0.2) is 0 Å². The first-order chi connectivity index (χ1) is 14.4. The first-order valence-electron chi connectivity index (χ1n) is 9.57. The molecular weight excluding hydrogens is 404 g/mol. The number of benzene rings is 1. The number of aromatic nitrogens is 3. The van der Waals surface area contributed by atoms with Gasteiger partial charge < -0.3 is 15.4 Å². The summed E-state index contributed by atoms with van der Waals surface area (Å²) in [6.07, 6.45) is 3.53. The summed E-state index contributed by atoms with van der Waals surface area (Å²) < 4.78 is 24.6. The molecule has 3 N–H and O–H groups in total. The number of nitrogens with one attached hydrogen (secondary N) is 2. The average molecular weight is 429 g/mol. The fraction of sp³-hybridized carbons (Fsp3) is 0.286. The number of aliphatic hydroxyl groups is 1. The predicted octanol–water partition coefficient (Wildman–Crippen LogP) is 2.43. The fourth-order valence-electron chi connectivity index (χ4n) is 3.05. The standard InChI is InChI=1S/C21H24N4O4S/c1-3-9-30(28,29)21-23-11-14(2)19(25-21)16-10-17(22-12-16)20(27)24-18(13-26)15-7-5-4-6-8-15/h4-8,10-12,18,22,26H,3,9,13H2,1-2H3,(H,24,27)/t18-/m1/s1. The van der Waals surface area contributed by atoms with Gasteiger partial charge >= 0.3 is 0 Å². The van der Waals surface area contributed by atoms with E-state index in [0.29, 0.717) is 23.2 Å². The third kappa shape index (κ3) is 4.74. The van der Waals surface area contributed by atoms with Gasteiger partial charge in [0.1, 0.15) is 5.69 Å². The molecule has 0 spiro atoms. The van der Waals surface area contributed by atoms with Crippen molar-refractivity contribution in [3.63, 3.8) is 0 Å². The smallest absolute Gasteiger partial charge is 0.268 e. The number of amides is 1. The minimum absolute atomic E-state index is 0.0294. The molecule has 0 unspecified atom stereocenters. The Kier molecular flexibility index (Phi) is 6.63. The molecule has 1 aromatic carbocycles. The Morgan fingerprint density at radius 3 is 2.67 bits per heavy atom. The van der Waals surface area contributed by atoms with E-state index in [9.17, 15) is 18.3 Å². The molecule has 8 nitrogen and oxygen atoms in total. The van der Waals surface area contributed by atoms with Crippen LogP contribution in [-0.4, -0.2) is 46.7 Å². The van der Waals surface area contributed by atoms with Gasteiger partial charge in [-0.15, -0.1) is 0 Å². The van der Waals surface area contributed by atoms with Crippen LogP contribution in [0.5, 0.6) is 0 Å². The summed E-state index contributed by atoms with van der Waals surface area (Å²) in [5.41, 5.74) is 2.77. The first kappa shape index (κ1) is 21.7. The maximum atomic E-state index is 12.6. The van der Waals surface area contributed by atoms with E-state index in [1.807, 2.05) is 30.3 Å². The molecule has 0 fully saturated rings. The SMILES string of the molecule is CCCS(=O)(=O)c1ncc(C)c(-c2c[nH]c(C(=O)N[C@H](CO)c3ccccc3)c2)n1. The van der Waals surface area contributed by atoms with Gasteiger partial charge in [0.25, 0.3) is 5.91 Å². The molecule has 0 aliphatic rings. The van der Waals surface area contributed by atoms with E-state index < -0.39 is 21.8 Å². The lowest BCUT2D eigenvalue weighted by Gasteiger charge is -2.16. The molecular formula is C21H24N4O4S. The van der Waals surface area contributed by atoms with E-state index in [1.165, 1.54) is 6.20 Å². The number of rotatable bonds is 8. The zero-order chi connectivity index (χ0) is 21.7. The summed E-state index contributed by atoms with van der Waals surface area (Å²) in [6.45, 7) is 3.31. The van der Waals surface area contributed by atoms with Gasteiger partial charge in [0.2, 0.25) is 15.0 Å². The largest absolute Gasteiger partial charge is 0.394 e. The van der Waals surface area contributed by atoms with Crippen LogP contribution in [0.15, 0.2) is 53.9 Å². The molecule has 0 aliphatic carbocycles. The van der Waals surface area contributed by atoms with Crippen molar-refractivity contribution < 1.29 is 18.3 Å². The van der Waals surface area contributed by atoms with Gasteiger partial charge in [0.05, 0.1) is 24.1 Å². The zero-order valence-electron chi connectivity index (χ0n) is 16.8. The lowest BCUT2D eigenvalue weighted by molar-refractivity contribution is 0.0911. The van der Waals surface area contributed by atoms with E-state index in [-0.39, 0.29) is 23.2 Å². The van der Waals surface area contributed by atoms with Crippen molar-refractivity contribution >= 4 is 15.7 Å². The summed E-state index contributed by atoms with van der Waals surface area (Å²) >= 11 is 0. The van der Waals surface area contributed by atoms with E-state index in [1.54, 1.807) is 26.1 Å². The highest BCUT2D eigenvalue weighted by molar-refractivity contribution is 7.91. The normalized spacial score (nSPS) is 12.5. The van der Waals surface area contributed by atoms with Crippen LogP contribution in [0.2, 0.25) is 0 Å². The Hall–Kier alpha value is -3.04. The number of carbonyl (C=O) groups excluding carboxylic acids is 1. The number of aliphatic hydroxyl groups excluding tert-OH is 1. The number of hydrogen-bond donors (Lipinski definition) is 3. The number of H-pyrrole nitrogens is 1. The van der Waals surface area contributed by atoms with Crippen LogP contribution in [0.4, 0.5) is 0 Å². The third-order valence-electron chi connectivity index (χ3n) is 4.59. The Bertz CT molecular complexity index is 1130. The molecule has 2 heterocycles. The quantitative estimate of drug-likeness (QED) is 0.473. The fourth-order valence-corrected chi connectivity index (χ4v) is 4.21. The topological polar surface area (TPSA) is 125 Å². The highest BCUT2D eigenvalue weighted by Gasteiger charge is 2.21. The van der Waals surface area contributed by atoms with Gasteiger partial charge in [-0.25, -0.2) is 18.4 Å². The molecule has 158 valence electrons. The molecule has 0 saturated heterocycles. The van der Waals surface area contributed by atoms with Crippen molar-refractivity contribution in [2.24, 2.45) is 0 Å². The van der Waals surface area contributed by atoms with Crippen molar-refractivity contribution in [2.75, 3.05) is 12.4 Å². The highest BCUT2D eigenvalue weighted by Crippen LogP contribution is 2.23. The zero-order valence-corrected chi connectivity index (χ0v) is 17.6. The third-order valence-corrected chi connectivity index (χ3v) is 6.29. The van der Waals surface area contributed by atoms with Crippen molar-refractivity contribution in [3.8, 4) is 11.3 Å². The number of aromatic amines is 1. The minimum Gasteiger partial charge on any atom is -0.394 e. The van der Waals surface area contributed by atoms with Crippen LogP contribution in [0, 0.1) is 6.92 Å². The van der Waals surface area contributed by atoms with Crippen molar-refractivity contribution in [1.29, 1.82) is 0 Å². The Labute approximate surface area is 175 Å². The summed E-state index contributed by atoms with van der Waals surface area (Å²) in [4.78, 5) is 23.7. The molecule has 3 rings (SSSR count). The Morgan fingerprint density at radius 1 is 1.27 bits per heavy atom. The predicted molar refractivity (Wildman–Crippen MR) is 113 cm³/mol. The molecule has 0 saturated carbocycles. The van der Waals surface area contributed by atoms with Crippen molar-refractivity contribution in [2.45, 2.75) is 31.5 Å². The van der Waals surface area contributed by atoms with Crippen LogP contribution < -0.4 is 5.32 Å². The van der Waals surface area contributed by atoms with Gasteiger partial charge in [-0.05, 0) is 30.5 Å². The summed E-state index contributed by atoms with van der Waals surface area (Å²) in [6, 6.07) is 10.2. The molecule has 3 aromatic rings. The molecule has 0 aliphatic heterocycles. The van der Waals surface area contributed by atoms with Crippen LogP contribution in [0.25, 0.3) is 11.3 Å². The summed E-state index contributed by atoms with van der Waals surface area (Å²) in [5, 5.41) is 12.2. The molecule has 0 radical (unpaired) electrons. The lowest BCUT2D eigenvalue weighted by Crippen LogP contribution is -2.30. The molecule has 30 heavy (non-hydrogen) atoms. The van der Waals surface area contributed by atoms with E-state index in [0.717, 1.165) is 5.56 Å². The van der Waals surface area contributed by atoms with E-state index >= 15 is 0 Å². The second kappa shape index (κ2) is 9.19. The van der Waals surface area contributed by atoms with Gasteiger partial charge in [-0.3, -0.25) is 4.79 Å². The molecule has 1 atom stereocenters. The van der Waals surface area contributed by atoms with Crippen LogP contribution in [-0.2, 0) is 9.84 Å². The second-order valence-corrected chi connectivity index (χ2v) is 8.93. The van der Waals surface area contributed by atoms with Gasteiger partial charge in [0, 0.05) is 18.0 Å². The molecule has 2 aromatic heterocycles.